The van der Waals surface area contributed by atoms with Gasteiger partial charge in [0.05, 0.1) is 24.0 Å². The summed E-state index contributed by atoms with van der Waals surface area (Å²) < 4.78 is 7.57. The van der Waals surface area contributed by atoms with Gasteiger partial charge in [0.25, 0.3) is 5.56 Å². The molecular weight excluding hydrogens is 312 g/mol. The number of aryl methyl sites for hydroxylation is 1. The highest BCUT2D eigenvalue weighted by Crippen LogP contribution is 2.39. The fraction of sp³-hybridized carbons (Fsp3) is 0.667. The Labute approximate surface area is 119 Å². The van der Waals surface area contributed by atoms with Crippen molar-refractivity contribution in [3.8, 4) is 0 Å². The summed E-state index contributed by atoms with van der Waals surface area (Å²) in [6, 6.07) is 0.135. The molecule has 0 amide bonds. The summed E-state index contributed by atoms with van der Waals surface area (Å²) in [5.74, 6) is 0.445. The maximum Gasteiger partial charge on any atom is 0.283 e. The van der Waals surface area contributed by atoms with Crippen LogP contribution in [0.1, 0.15) is 13.3 Å². The first kappa shape index (κ1) is 13.1. The van der Waals surface area contributed by atoms with Crippen LogP contribution in [-0.4, -0.2) is 34.6 Å². The summed E-state index contributed by atoms with van der Waals surface area (Å²) in [4.78, 5) is 12.0. The number of rotatable bonds is 3. The molecule has 3 rings (SSSR count). The van der Waals surface area contributed by atoms with Gasteiger partial charge in [0.2, 0.25) is 0 Å². The predicted octanol–water partition coefficient (Wildman–Crippen LogP) is 0.552. The molecule has 4 unspecified atom stereocenters. The molecule has 1 saturated carbocycles. The molecular formula is C12H17BrN4O2. The van der Waals surface area contributed by atoms with Crippen LogP contribution in [0.25, 0.3) is 0 Å². The molecule has 6 nitrogen and oxygen atoms in total. The van der Waals surface area contributed by atoms with Crippen LogP contribution in [0.2, 0.25) is 0 Å². The van der Waals surface area contributed by atoms with E-state index in [1.165, 1.54) is 4.68 Å². The highest BCUT2D eigenvalue weighted by Gasteiger charge is 2.52. The van der Waals surface area contributed by atoms with Crippen LogP contribution < -0.4 is 16.6 Å². The van der Waals surface area contributed by atoms with Crippen LogP contribution in [0.15, 0.2) is 15.5 Å². The second-order valence-corrected chi connectivity index (χ2v) is 5.82. The van der Waals surface area contributed by atoms with Crippen molar-refractivity contribution in [2.45, 2.75) is 38.1 Å². The monoisotopic (exact) mass is 328 g/mol. The quantitative estimate of drug-likeness (QED) is 0.846. The molecule has 104 valence electrons. The largest absolute Gasteiger partial charge is 0.376 e. The number of nitrogens with two attached hydrogens (primary N) is 1. The Balaban J connectivity index is 1.81. The van der Waals surface area contributed by atoms with Crippen molar-refractivity contribution in [2.24, 2.45) is 11.7 Å². The van der Waals surface area contributed by atoms with Crippen LogP contribution in [0.3, 0.4) is 0 Å². The number of nitrogens with one attached hydrogen (secondary N) is 1. The van der Waals surface area contributed by atoms with Gasteiger partial charge in [0.1, 0.15) is 4.47 Å². The molecule has 1 aromatic heterocycles. The van der Waals surface area contributed by atoms with Gasteiger partial charge in [-0.1, -0.05) is 0 Å². The third-order valence-electron chi connectivity index (χ3n) is 4.05. The van der Waals surface area contributed by atoms with Gasteiger partial charge < -0.3 is 15.8 Å². The summed E-state index contributed by atoms with van der Waals surface area (Å²) in [6.45, 7) is 3.21. The van der Waals surface area contributed by atoms with E-state index < -0.39 is 0 Å². The highest BCUT2D eigenvalue weighted by atomic mass is 79.9. The van der Waals surface area contributed by atoms with Gasteiger partial charge in [0, 0.05) is 25.1 Å². The number of anilines is 1. The van der Waals surface area contributed by atoms with Crippen molar-refractivity contribution < 1.29 is 4.74 Å². The van der Waals surface area contributed by atoms with E-state index in [-0.39, 0.29) is 23.7 Å². The highest BCUT2D eigenvalue weighted by molar-refractivity contribution is 9.10. The minimum Gasteiger partial charge on any atom is -0.376 e. The van der Waals surface area contributed by atoms with Crippen LogP contribution in [0, 0.1) is 5.92 Å². The number of halogens is 1. The van der Waals surface area contributed by atoms with Crippen molar-refractivity contribution in [3.63, 3.8) is 0 Å². The average molecular weight is 329 g/mol. The Kier molecular flexibility index (Phi) is 3.36. The number of hydrogen-bond donors (Lipinski definition) is 2. The Bertz CT molecular complexity index is 547. The van der Waals surface area contributed by atoms with Gasteiger partial charge in [-0.15, -0.1) is 0 Å². The van der Waals surface area contributed by atoms with E-state index in [0.29, 0.717) is 22.6 Å². The van der Waals surface area contributed by atoms with E-state index in [1.54, 1.807) is 6.20 Å². The molecule has 7 heteroatoms. The Morgan fingerprint density at radius 3 is 3.21 bits per heavy atom. The molecule has 0 radical (unpaired) electrons. The zero-order valence-electron chi connectivity index (χ0n) is 10.7. The lowest BCUT2D eigenvalue weighted by atomic mass is 9.72. The Morgan fingerprint density at radius 2 is 2.47 bits per heavy atom. The number of ether oxygens (including phenoxy) is 1. The summed E-state index contributed by atoms with van der Waals surface area (Å²) in [7, 11) is 0. The summed E-state index contributed by atoms with van der Waals surface area (Å²) in [5.41, 5.74) is 6.69. The third kappa shape index (κ3) is 2.00. The van der Waals surface area contributed by atoms with E-state index in [0.717, 1.165) is 13.0 Å². The summed E-state index contributed by atoms with van der Waals surface area (Å²) in [6.07, 6.45) is 2.85. The lowest BCUT2D eigenvalue weighted by Gasteiger charge is -2.46. The van der Waals surface area contributed by atoms with E-state index in [1.807, 2.05) is 6.92 Å². The van der Waals surface area contributed by atoms with Gasteiger partial charge in [-0.05, 0) is 29.3 Å². The first-order valence-electron chi connectivity index (χ1n) is 6.52. The van der Waals surface area contributed by atoms with E-state index in [9.17, 15) is 4.79 Å². The van der Waals surface area contributed by atoms with Crippen molar-refractivity contribution in [2.75, 3.05) is 11.9 Å². The number of hydrogen-bond acceptors (Lipinski definition) is 5. The van der Waals surface area contributed by atoms with Crippen LogP contribution >= 0.6 is 15.9 Å². The normalized spacial score (nSPS) is 32.8. The predicted molar refractivity (Wildman–Crippen MR) is 75.1 cm³/mol. The fourth-order valence-corrected chi connectivity index (χ4v) is 3.32. The molecule has 4 atom stereocenters. The molecule has 3 N–H and O–H groups in total. The standard InChI is InChI=1S/C12H17BrN4O2/c1-2-17-12(18)8(13)7(5-15-17)16-10-9(14)6-3-4-19-11(6)10/h5-6,9-11,16H,2-4,14H2,1H3. The third-order valence-corrected chi connectivity index (χ3v) is 4.82. The van der Waals surface area contributed by atoms with E-state index in [2.05, 4.69) is 26.3 Å². The molecule has 0 spiro atoms. The minimum atomic E-state index is -0.135. The number of nitrogens with zero attached hydrogens (tertiary/aromatic N) is 2. The molecule has 2 fully saturated rings. The molecule has 2 aliphatic rings. The van der Waals surface area contributed by atoms with Gasteiger partial charge in [-0.3, -0.25) is 4.79 Å². The van der Waals surface area contributed by atoms with Crippen molar-refractivity contribution in [1.29, 1.82) is 0 Å². The lowest BCUT2D eigenvalue weighted by Crippen LogP contribution is -2.65. The van der Waals surface area contributed by atoms with Gasteiger partial charge in [-0.25, -0.2) is 4.68 Å². The molecule has 0 bridgehead atoms. The first-order valence-corrected chi connectivity index (χ1v) is 7.32. The molecule has 19 heavy (non-hydrogen) atoms. The molecule has 0 aromatic carbocycles. The van der Waals surface area contributed by atoms with Crippen LogP contribution in [0.5, 0.6) is 0 Å². The maximum atomic E-state index is 12.0. The topological polar surface area (TPSA) is 82.2 Å². The van der Waals surface area contributed by atoms with Crippen molar-refractivity contribution >= 4 is 21.6 Å². The van der Waals surface area contributed by atoms with Gasteiger partial charge >= 0.3 is 0 Å². The zero-order valence-corrected chi connectivity index (χ0v) is 12.3. The lowest BCUT2D eigenvalue weighted by molar-refractivity contribution is 0.00533. The molecule has 1 saturated heterocycles. The van der Waals surface area contributed by atoms with Gasteiger partial charge in [-0.2, -0.15) is 5.10 Å². The number of fused-ring (bicyclic) bond motifs is 1. The van der Waals surface area contributed by atoms with Crippen LogP contribution in [-0.2, 0) is 11.3 Å². The average Bonchev–Trinajstić information content (AvgIpc) is 2.85. The Morgan fingerprint density at radius 1 is 1.68 bits per heavy atom. The summed E-state index contributed by atoms with van der Waals surface area (Å²) >= 11 is 3.33. The Hall–Kier alpha value is -0.920. The second-order valence-electron chi connectivity index (χ2n) is 5.03. The maximum absolute atomic E-state index is 12.0. The fourth-order valence-electron chi connectivity index (χ4n) is 2.90. The van der Waals surface area contributed by atoms with Gasteiger partial charge in [0.15, 0.2) is 0 Å². The SMILES string of the molecule is CCn1ncc(NC2C(N)C3CCOC32)c(Br)c1=O. The minimum absolute atomic E-state index is 0.0578. The summed E-state index contributed by atoms with van der Waals surface area (Å²) in [5, 5.41) is 7.40. The number of aromatic nitrogens is 2. The van der Waals surface area contributed by atoms with E-state index in [4.69, 9.17) is 10.5 Å². The smallest absolute Gasteiger partial charge is 0.283 e. The molecule has 2 heterocycles. The second kappa shape index (κ2) is 4.88. The van der Waals surface area contributed by atoms with Crippen molar-refractivity contribution in [3.05, 3.63) is 21.0 Å². The molecule has 1 aliphatic carbocycles. The van der Waals surface area contributed by atoms with E-state index >= 15 is 0 Å². The molecule has 1 aromatic rings. The molecule has 1 aliphatic heterocycles. The first-order chi connectivity index (χ1) is 9.13. The van der Waals surface area contributed by atoms with Crippen LogP contribution in [0.4, 0.5) is 5.69 Å². The van der Waals surface area contributed by atoms with Crippen molar-refractivity contribution in [1.82, 2.24) is 9.78 Å². The zero-order chi connectivity index (χ0) is 13.6.